The van der Waals surface area contributed by atoms with Crippen LogP contribution in [0.2, 0.25) is 0 Å². The molecule has 0 fully saturated rings. The summed E-state index contributed by atoms with van der Waals surface area (Å²) in [4.78, 5) is 11.8. The van der Waals surface area contributed by atoms with Crippen LogP contribution >= 0.6 is 0 Å². The average Bonchev–Trinajstić information content (AvgIpc) is 2.25. The highest BCUT2D eigenvalue weighted by Crippen LogP contribution is 2.33. The zero-order valence-electron chi connectivity index (χ0n) is 9.96. The van der Waals surface area contributed by atoms with Crippen LogP contribution < -0.4 is 0 Å². The van der Waals surface area contributed by atoms with Crippen molar-refractivity contribution in [2.75, 3.05) is 6.61 Å². The number of rotatable bonds is 5. The van der Waals surface area contributed by atoms with Gasteiger partial charge in [0.25, 0.3) is 0 Å². The highest BCUT2D eigenvalue weighted by molar-refractivity contribution is 5.83. The molecule has 3 heteroatoms. The third-order valence-electron chi connectivity index (χ3n) is 2.55. The van der Waals surface area contributed by atoms with E-state index in [2.05, 4.69) is 6.07 Å². The Labute approximate surface area is 91.7 Å². The molecule has 15 heavy (non-hydrogen) atoms. The lowest BCUT2D eigenvalue weighted by molar-refractivity contribution is -0.150. The lowest BCUT2D eigenvalue weighted by atomic mass is 9.78. The predicted molar refractivity (Wildman–Crippen MR) is 59.0 cm³/mol. The maximum atomic E-state index is 11.8. The van der Waals surface area contributed by atoms with E-state index in [9.17, 15) is 10.1 Å². The molecule has 0 N–H and O–H groups in total. The highest BCUT2D eigenvalue weighted by atomic mass is 16.5. The minimum Gasteiger partial charge on any atom is -0.465 e. The zero-order valence-corrected chi connectivity index (χ0v) is 9.96. The summed E-state index contributed by atoms with van der Waals surface area (Å²) in [5, 5.41) is 9.21. The lowest BCUT2D eigenvalue weighted by Crippen LogP contribution is -2.32. The summed E-state index contributed by atoms with van der Waals surface area (Å²) in [6.45, 7) is 7.64. The lowest BCUT2D eigenvalue weighted by Gasteiger charge is -2.24. The molecule has 0 aromatic rings. The van der Waals surface area contributed by atoms with Gasteiger partial charge in [-0.15, -0.1) is 0 Å². The van der Waals surface area contributed by atoms with Crippen molar-refractivity contribution in [1.29, 1.82) is 5.26 Å². The van der Waals surface area contributed by atoms with Gasteiger partial charge in [0.05, 0.1) is 12.7 Å². The summed E-state index contributed by atoms with van der Waals surface area (Å²) in [7, 11) is 0. The van der Waals surface area contributed by atoms with Gasteiger partial charge in [0.15, 0.2) is 5.41 Å². The zero-order chi connectivity index (χ0) is 11.9. The molecule has 0 radical (unpaired) electrons. The first-order valence-corrected chi connectivity index (χ1v) is 5.30. The standard InChI is InChI=1S/C12H19NO2/c1-5-8-12(9-13,10(4)6-2)11(14)15-7-3/h6H,5,7-8H2,1-4H3/b10-6-/t12-/m1/s1. The van der Waals surface area contributed by atoms with Crippen LogP contribution in [0.3, 0.4) is 0 Å². The fourth-order valence-corrected chi connectivity index (χ4v) is 1.53. The molecular formula is C12H19NO2. The fraction of sp³-hybridized carbons (Fsp3) is 0.667. The molecule has 0 aromatic heterocycles. The summed E-state index contributed by atoms with van der Waals surface area (Å²) in [5.74, 6) is -0.426. The van der Waals surface area contributed by atoms with E-state index in [1.54, 1.807) is 19.9 Å². The monoisotopic (exact) mass is 209 g/mol. The van der Waals surface area contributed by atoms with E-state index < -0.39 is 11.4 Å². The number of esters is 1. The molecule has 0 aromatic carbocycles. The Morgan fingerprint density at radius 2 is 2.13 bits per heavy atom. The Morgan fingerprint density at radius 1 is 1.53 bits per heavy atom. The van der Waals surface area contributed by atoms with Crippen molar-refractivity contribution in [3.8, 4) is 6.07 Å². The molecule has 0 spiro atoms. The van der Waals surface area contributed by atoms with Crippen LogP contribution in [0, 0.1) is 16.7 Å². The van der Waals surface area contributed by atoms with Crippen molar-refractivity contribution in [2.45, 2.75) is 40.5 Å². The molecule has 0 unspecified atom stereocenters. The Kier molecular flexibility index (Phi) is 5.69. The first kappa shape index (κ1) is 13.7. The van der Waals surface area contributed by atoms with Crippen molar-refractivity contribution in [3.05, 3.63) is 11.6 Å². The molecule has 0 amide bonds. The van der Waals surface area contributed by atoms with Crippen LogP contribution in [0.15, 0.2) is 11.6 Å². The molecule has 0 rings (SSSR count). The van der Waals surface area contributed by atoms with Crippen molar-refractivity contribution < 1.29 is 9.53 Å². The molecule has 0 saturated carbocycles. The maximum Gasteiger partial charge on any atom is 0.330 e. The van der Waals surface area contributed by atoms with E-state index in [4.69, 9.17) is 4.74 Å². The molecule has 3 nitrogen and oxygen atoms in total. The third kappa shape index (κ3) is 2.82. The van der Waals surface area contributed by atoms with E-state index >= 15 is 0 Å². The normalized spacial score (nSPS) is 15.3. The van der Waals surface area contributed by atoms with Crippen LogP contribution in [0.4, 0.5) is 0 Å². The number of hydrogen-bond donors (Lipinski definition) is 0. The first-order chi connectivity index (χ1) is 7.08. The van der Waals surface area contributed by atoms with Crippen LogP contribution in [0.5, 0.6) is 0 Å². The van der Waals surface area contributed by atoms with Gasteiger partial charge in [0.2, 0.25) is 0 Å². The van der Waals surface area contributed by atoms with Gasteiger partial charge in [-0.2, -0.15) is 5.26 Å². The number of nitriles is 1. The van der Waals surface area contributed by atoms with Crippen LogP contribution in [-0.2, 0) is 9.53 Å². The number of nitrogens with zero attached hydrogens (tertiary/aromatic N) is 1. The van der Waals surface area contributed by atoms with Crippen LogP contribution in [-0.4, -0.2) is 12.6 Å². The molecule has 0 aliphatic carbocycles. The summed E-state index contributed by atoms with van der Waals surface area (Å²) >= 11 is 0. The van der Waals surface area contributed by atoms with Gasteiger partial charge >= 0.3 is 5.97 Å². The topological polar surface area (TPSA) is 50.1 Å². The summed E-state index contributed by atoms with van der Waals surface area (Å²) < 4.78 is 4.97. The van der Waals surface area contributed by atoms with Crippen molar-refractivity contribution in [1.82, 2.24) is 0 Å². The minimum absolute atomic E-state index is 0.309. The highest BCUT2D eigenvalue weighted by Gasteiger charge is 2.40. The van der Waals surface area contributed by atoms with Crippen molar-refractivity contribution in [2.24, 2.45) is 5.41 Å². The average molecular weight is 209 g/mol. The van der Waals surface area contributed by atoms with E-state index in [0.717, 1.165) is 12.0 Å². The first-order valence-electron chi connectivity index (χ1n) is 5.30. The Bertz CT molecular complexity index is 288. The smallest absolute Gasteiger partial charge is 0.330 e. The van der Waals surface area contributed by atoms with Gasteiger partial charge in [-0.25, -0.2) is 4.79 Å². The van der Waals surface area contributed by atoms with Gasteiger partial charge in [0, 0.05) is 0 Å². The molecule has 0 heterocycles. The Balaban J connectivity index is 5.17. The second kappa shape index (κ2) is 6.23. The quantitative estimate of drug-likeness (QED) is 0.516. The molecule has 0 saturated heterocycles. The molecule has 0 aliphatic heterocycles. The number of carbonyl (C=O) groups is 1. The van der Waals surface area contributed by atoms with E-state index in [0.29, 0.717) is 13.0 Å². The SMILES string of the molecule is C/C=C(/C)[C@](C#N)(CCC)C(=O)OCC. The number of carbonyl (C=O) groups excluding carboxylic acids is 1. The van der Waals surface area contributed by atoms with Gasteiger partial charge < -0.3 is 4.74 Å². The molecule has 84 valence electrons. The van der Waals surface area contributed by atoms with E-state index in [1.165, 1.54) is 0 Å². The van der Waals surface area contributed by atoms with Crippen molar-refractivity contribution >= 4 is 5.97 Å². The number of allylic oxidation sites excluding steroid dienone is 1. The molecular weight excluding hydrogens is 190 g/mol. The van der Waals surface area contributed by atoms with Crippen molar-refractivity contribution in [3.63, 3.8) is 0 Å². The van der Waals surface area contributed by atoms with Gasteiger partial charge in [-0.1, -0.05) is 19.4 Å². The second-order valence-corrected chi connectivity index (χ2v) is 3.46. The number of hydrogen-bond acceptors (Lipinski definition) is 3. The van der Waals surface area contributed by atoms with E-state index in [1.807, 2.05) is 13.8 Å². The number of ether oxygens (including phenoxy) is 1. The molecule has 1 atom stereocenters. The minimum atomic E-state index is -1.08. The van der Waals surface area contributed by atoms with Gasteiger partial charge in [0.1, 0.15) is 0 Å². The summed E-state index contributed by atoms with van der Waals surface area (Å²) in [6, 6.07) is 2.11. The van der Waals surface area contributed by atoms with Gasteiger partial charge in [-0.3, -0.25) is 0 Å². The molecule has 0 aliphatic rings. The summed E-state index contributed by atoms with van der Waals surface area (Å²) in [5.41, 5.74) is -0.315. The maximum absolute atomic E-state index is 11.8. The molecule has 0 bridgehead atoms. The van der Waals surface area contributed by atoms with Crippen LogP contribution in [0.1, 0.15) is 40.5 Å². The van der Waals surface area contributed by atoms with Crippen LogP contribution in [0.25, 0.3) is 0 Å². The summed E-state index contributed by atoms with van der Waals surface area (Å²) in [6.07, 6.45) is 3.09. The van der Waals surface area contributed by atoms with E-state index in [-0.39, 0.29) is 0 Å². The second-order valence-electron chi connectivity index (χ2n) is 3.46. The third-order valence-corrected chi connectivity index (χ3v) is 2.55. The predicted octanol–water partition coefficient (Wildman–Crippen LogP) is 2.83. The Hall–Kier alpha value is -1.30. The Morgan fingerprint density at radius 3 is 2.47 bits per heavy atom. The fourth-order valence-electron chi connectivity index (χ4n) is 1.53. The largest absolute Gasteiger partial charge is 0.465 e. The van der Waals surface area contributed by atoms with Gasteiger partial charge in [-0.05, 0) is 32.8 Å².